The van der Waals surface area contributed by atoms with Crippen LogP contribution in [0.4, 0.5) is 0 Å². The van der Waals surface area contributed by atoms with Crippen LogP contribution < -0.4 is 10.6 Å². The van der Waals surface area contributed by atoms with E-state index in [9.17, 15) is 8.42 Å². The number of piperidine rings is 1. The highest BCUT2D eigenvalue weighted by Gasteiger charge is 2.28. The molecule has 24 heavy (non-hydrogen) atoms. The number of hydrogen-bond acceptors (Lipinski definition) is 4. The molecular weight excluding hydrogens is 324 g/mol. The average Bonchev–Trinajstić information content (AvgIpc) is 2.48. The predicted octanol–water partition coefficient (Wildman–Crippen LogP) is 1.63. The summed E-state index contributed by atoms with van der Waals surface area (Å²) in [5.74, 6) is 0.817. The second-order valence-electron chi connectivity index (χ2n) is 7.45. The number of nitrogens with zero attached hydrogens (tertiary/aromatic N) is 2. The second kappa shape index (κ2) is 9.61. The van der Waals surface area contributed by atoms with Crippen LogP contribution in [-0.4, -0.2) is 68.5 Å². The monoisotopic (exact) mass is 360 g/mol. The van der Waals surface area contributed by atoms with E-state index in [-0.39, 0.29) is 5.75 Å². The van der Waals surface area contributed by atoms with Crippen molar-refractivity contribution in [2.45, 2.75) is 64.7 Å². The van der Waals surface area contributed by atoms with Gasteiger partial charge in [0.05, 0.1) is 17.0 Å². The number of likely N-dealkylation sites (tertiary alicyclic amines) is 1. The molecule has 0 unspecified atom stereocenters. The minimum Gasteiger partial charge on any atom is -0.357 e. The van der Waals surface area contributed by atoms with Gasteiger partial charge in [0.2, 0.25) is 0 Å². The van der Waals surface area contributed by atoms with Gasteiger partial charge in [-0.1, -0.05) is 6.92 Å². The molecule has 0 aromatic heterocycles. The molecule has 1 rings (SSSR count). The van der Waals surface area contributed by atoms with Gasteiger partial charge < -0.3 is 15.5 Å². The van der Waals surface area contributed by atoms with Gasteiger partial charge >= 0.3 is 0 Å². The molecule has 1 fully saturated rings. The Bertz CT molecular complexity index is 489. The fraction of sp³-hybridized carbons (Fsp3) is 0.941. The SMILES string of the molecule is CCCN1CCC(NC(=NCCS(=O)(=O)C(C)(C)C)NCC)CC1. The minimum atomic E-state index is -3.12. The number of rotatable bonds is 7. The van der Waals surface area contributed by atoms with Crippen molar-refractivity contribution in [3.63, 3.8) is 0 Å². The Morgan fingerprint density at radius 1 is 1.21 bits per heavy atom. The van der Waals surface area contributed by atoms with Crippen molar-refractivity contribution < 1.29 is 8.42 Å². The first-order chi connectivity index (χ1) is 11.2. The fourth-order valence-electron chi connectivity index (χ4n) is 2.71. The van der Waals surface area contributed by atoms with Gasteiger partial charge in [0.25, 0.3) is 0 Å². The van der Waals surface area contributed by atoms with Crippen LogP contribution in [-0.2, 0) is 9.84 Å². The Balaban J connectivity index is 2.52. The molecule has 1 saturated heterocycles. The first kappa shape index (κ1) is 21.2. The molecule has 0 aromatic rings. The quantitative estimate of drug-likeness (QED) is 0.533. The first-order valence-corrected chi connectivity index (χ1v) is 10.8. The number of guanidine groups is 1. The normalized spacial score (nSPS) is 18.6. The molecule has 0 radical (unpaired) electrons. The van der Waals surface area contributed by atoms with Gasteiger partial charge in [0.1, 0.15) is 0 Å². The molecule has 0 spiro atoms. The van der Waals surface area contributed by atoms with E-state index in [0.29, 0.717) is 12.6 Å². The van der Waals surface area contributed by atoms with Crippen LogP contribution in [0.1, 0.15) is 53.9 Å². The van der Waals surface area contributed by atoms with E-state index < -0.39 is 14.6 Å². The summed E-state index contributed by atoms with van der Waals surface area (Å²) in [6.45, 7) is 13.9. The van der Waals surface area contributed by atoms with Gasteiger partial charge in [-0.25, -0.2) is 8.42 Å². The number of hydrogen-bond donors (Lipinski definition) is 2. The predicted molar refractivity (Wildman–Crippen MR) is 102 cm³/mol. The summed E-state index contributed by atoms with van der Waals surface area (Å²) < 4.78 is 23.6. The third-order valence-corrected chi connectivity index (χ3v) is 6.96. The number of sulfone groups is 1. The standard InChI is InChI=1S/C17H36N4O2S/c1-6-11-21-12-8-15(9-13-21)20-16(18-7-2)19-10-14-24(22,23)17(3,4)5/h15H,6-14H2,1-5H3,(H2,18,19,20). The molecular formula is C17H36N4O2S. The Labute approximate surface area is 148 Å². The lowest BCUT2D eigenvalue weighted by molar-refractivity contribution is 0.206. The van der Waals surface area contributed by atoms with Crippen molar-refractivity contribution in [1.29, 1.82) is 0 Å². The Kier molecular flexibility index (Phi) is 8.50. The summed E-state index contributed by atoms with van der Waals surface area (Å²) in [5, 5.41) is 6.68. The van der Waals surface area contributed by atoms with Gasteiger partial charge in [0.15, 0.2) is 15.8 Å². The van der Waals surface area contributed by atoms with Crippen LogP contribution in [0, 0.1) is 0 Å². The van der Waals surface area contributed by atoms with Crippen molar-refractivity contribution in [2.75, 3.05) is 38.5 Å². The van der Waals surface area contributed by atoms with Gasteiger partial charge in [0, 0.05) is 25.7 Å². The highest BCUT2D eigenvalue weighted by Crippen LogP contribution is 2.15. The van der Waals surface area contributed by atoms with Crippen LogP contribution in [0.3, 0.4) is 0 Å². The molecule has 0 saturated carbocycles. The summed E-state index contributed by atoms with van der Waals surface area (Å²) in [7, 11) is -3.12. The van der Waals surface area contributed by atoms with Crippen molar-refractivity contribution >= 4 is 15.8 Å². The molecule has 0 aromatic carbocycles. The zero-order valence-electron chi connectivity index (χ0n) is 16.1. The summed E-state index contributed by atoms with van der Waals surface area (Å²) >= 11 is 0. The minimum absolute atomic E-state index is 0.0853. The van der Waals surface area contributed by atoms with Crippen molar-refractivity contribution in [3.05, 3.63) is 0 Å². The van der Waals surface area contributed by atoms with Crippen LogP contribution in [0.25, 0.3) is 0 Å². The average molecular weight is 361 g/mol. The van der Waals surface area contributed by atoms with Crippen molar-refractivity contribution in [1.82, 2.24) is 15.5 Å². The van der Waals surface area contributed by atoms with E-state index in [0.717, 1.165) is 38.4 Å². The lowest BCUT2D eigenvalue weighted by Crippen LogP contribution is -2.49. The maximum atomic E-state index is 12.2. The Morgan fingerprint density at radius 3 is 2.33 bits per heavy atom. The van der Waals surface area contributed by atoms with Crippen molar-refractivity contribution in [2.24, 2.45) is 4.99 Å². The summed E-state index contributed by atoms with van der Waals surface area (Å²) in [6, 6.07) is 0.412. The highest BCUT2D eigenvalue weighted by atomic mass is 32.2. The van der Waals surface area contributed by atoms with Gasteiger partial charge in [-0.05, 0) is 53.5 Å². The third kappa shape index (κ3) is 6.97. The van der Waals surface area contributed by atoms with E-state index in [4.69, 9.17) is 0 Å². The van der Waals surface area contributed by atoms with Crippen LogP contribution in [0.5, 0.6) is 0 Å². The van der Waals surface area contributed by atoms with Crippen LogP contribution >= 0.6 is 0 Å². The van der Waals surface area contributed by atoms with E-state index >= 15 is 0 Å². The lowest BCUT2D eigenvalue weighted by atomic mass is 10.1. The lowest BCUT2D eigenvalue weighted by Gasteiger charge is -2.32. The number of nitrogens with one attached hydrogen (secondary N) is 2. The topological polar surface area (TPSA) is 73.8 Å². The molecule has 0 aliphatic carbocycles. The largest absolute Gasteiger partial charge is 0.357 e. The summed E-state index contributed by atoms with van der Waals surface area (Å²) in [4.78, 5) is 6.96. The Hall–Kier alpha value is -0.820. The first-order valence-electron chi connectivity index (χ1n) is 9.19. The molecule has 1 heterocycles. The van der Waals surface area contributed by atoms with Gasteiger partial charge in [-0.2, -0.15) is 0 Å². The fourth-order valence-corrected chi connectivity index (χ4v) is 3.66. The molecule has 2 N–H and O–H groups in total. The van der Waals surface area contributed by atoms with Crippen molar-refractivity contribution in [3.8, 4) is 0 Å². The molecule has 0 bridgehead atoms. The maximum absolute atomic E-state index is 12.2. The molecule has 1 aliphatic rings. The van der Waals surface area contributed by atoms with E-state index in [1.165, 1.54) is 13.0 Å². The summed E-state index contributed by atoms with van der Waals surface area (Å²) in [5.41, 5.74) is 0. The molecule has 6 nitrogen and oxygen atoms in total. The van der Waals surface area contributed by atoms with Gasteiger partial charge in [-0.15, -0.1) is 0 Å². The molecule has 142 valence electrons. The molecule has 0 amide bonds. The smallest absolute Gasteiger partial charge is 0.191 e. The molecule has 7 heteroatoms. The van der Waals surface area contributed by atoms with E-state index in [1.54, 1.807) is 20.8 Å². The Morgan fingerprint density at radius 2 is 1.83 bits per heavy atom. The second-order valence-corrected chi connectivity index (χ2v) is 10.3. The number of aliphatic imine (C=N–C) groups is 1. The summed E-state index contributed by atoms with van der Waals surface area (Å²) in [6.07, 6.45) is 3.40. The zero-order chi connectivity index (χ0) is 18.2. The van der Waals surface area contributed by atoms with E-state index in [2.05, 4.69) is 27.4 Å². The maximum Gasteiger partial charge on any atom is 0.191 e. The molecule has 0 atom stereocenters. The van der Waals surface area contributed by atoms with Crippen LogP contribution in [0.2, 0.25) is 0 Å². The van der Waals surface area contributed by atoms with E-state index in [1.807, 2.05) is 6.92 Å². The van der Waals surface area contributed by atoms with Crippen LogP contribution in [0.15, 0.2) is 4.99 Å². The third-order valence-electron chi connectivity index (χ3n) is 4.38. The zero-order valence-corrected chi connectivity index (χ0v) is 16.9. The van der Waals surface area contributed by atoms with Gasteiger partial charge in [-0.3, -0.25) is 4.99 Å². The molecule has 1 aliphatic heterocycles. The highest BCUT2D eigenvalue weighted by molar-refractivity contribution is 7.92.